The summed E-state index contributed by atoms with van der Waals surface area (Å²) in [5, 5.41) is 0. The molecule has 1 atom stereocenters. The van der Waals surface area contributed by atoms with Crippen LogP contribution in [0.3, 0.4) is 0 Å². The van der Waals surface area contributed by atoms with E-state index in [0.29, 0.717) is 0 Å². The Labute approximate surface area is 108 Å². The summed E-state index contributed by atoms with van der Waals surface area (Å²) in [4.78, 5) is 0. The third kappa shape index (κ3) is 5.57. The summed E-state index contributed by atoms with van der Waals surface area (Å²) in [6.07, 6.45) is 17.1. The third-order valence-electron chi connectivity index (χ3n) is 4.00. The van der Waals surface area contributed by atoms with E-state index in [1.54, 1.807) is 11.1 Å². The van der Waals surface area contributed by atoms with Crippen LogP contribution in [0.15, 0.2) is 23.3 Å². The monoisotopic (exact) mass is 234 g/mol. The highest BCUT2D eigenvalue weighted by atomic mass is 14.2. The van der Waals surface area contributed by atoms with Gasteiger partial charge in [0.25, 0.3) is 0 Å². The third-order valence-corrected chi connectivity index (χ3v) is 4.00. The molecule has 1 unspecified atom stereocenters. The summed E-state index contributed by atoms with van der Waals surface area (Å²) in [7, 11) is 0. The van der Waals surface area contributed by atoms with Gasteiger partial charge >= 0.3 is 0 Å². The van der Waals surface area contributed by atoms with Gasteiger partial charge in [-0.25, -0.2) is 0 Å². The van der Waals surface area contributed by atoms with E-state index in [0.717, 1.165) is 5.92 Å². The van der Waals surface area contributed by atoms with Crippen LogP contribution in [0.25, 0.3) is 0 Å². The van der Waals surface area contributed by atoms with Crippen molar-refractivity contribution < 1.29 is 0 Å². The Morgan fingerprint density at radius 3 is 2.47 bits per heavy atom. The Kier molecular flexibility index (Phi) is 7.32. The van der Waals surface area contributed by atoms with Gasteiger partial charge < -0.3 is 0 Å². The van der Waals surface area contributed by atoms with Crippen molar-refractivity contribution in [3.63, 3.8) is 0 Å². The van der Waals surface area contributed by atoms with Gasteiger partial charge in [-0.3, -0.25) is 0 Å². The summed E-state index contributed by atoms with van der Waals surface area (Å²) in [5.41, 5.74) is 3.30. The maximum Gasteiger partial charge on any atom is -0.0108 e. The van der Waals surface area contributed by atoms with Crippen LogP contribution in [0.2, 0.25) is 0 Å². The molecule has 0 radical (unpaired) electrons. The summed E-state index contributed by atoms with van der Waals surface area (Å²) < 4.78 is 0. The topological polar surface area (TPSA) is 0 Å². The molecule has 0 saturated carbocycles. The minimum absolute atomic E-state index is 0.861. The van der Waals surface area contributed by atoms with Gasteiger partial charge in [-0.2, -0.15) is 0 Å². The highest BCUT2D eigenvalue weighted by molar-refractivity contribution is 5.22. The minimum atomic E-state index is 0.861. The predicted molar refractivity (Wildman–Crippen MR) is 78.2 cm³/mol. The molecule has 0 aliphatic heterocycles. The van der Waals surface area contributed by atoms with Crippen LogP contribution < -0.4 is 0 Å². The van der Waals surface area contributed by atoms with Crippen molar-refractivity contribution in [2.45, 2.75) is 78.6 Å². The van der Waals surface area contributed by atoms with E-state index in [1.807, 2.05) is 0 Å². The molecule has 0 heteroatoms. The van der Waals surface area contributed by atoms with Crippen LogP contribution in [0.1, 0.15) is 78.6 Å². The van der Waals surface area contributed by atoms with Crippen LogP contribution in [-0.4, -0.2) is 0 Å². The fourth-order valence-corrected chi connectivity index (χ4v) is 2.83. The van der Waals surface area contributed by atoms with Crippen molar-refractivity contribution in [3.8, 4) is 0 Å². The first-order valence-electron chi connectivity index (χ1n) is 7.62. The highest BCUT2D eigenvalue weighted by Crippen LogP contribution is 2.30. The number of unbranched alkanes of at least 4 members (excludes halogenated alkanes) is 4. The van der Waals surface area contributed by atoms with Crippen LogP contribution in [0, 0.1) is 5.92 Å². The molecule has 0 nitrogen and oxygen atoms in total. The van der Waals surface area contributed by atoms with Gasteiger partial charge in [-0.1, -0.05) is 69.2 Å². The molecule has 0 heterocycles. The first kappa shape index (κ1) is 14.5. The van der Waals surface area contributed by atoms with Gasteiger partial charge in [-0.05, 0) is 38.5 Å². The first-order chi connectivity index (χ1) is 8.27. The van der Waals surface area contributed by atoms with E-state index < -0.39 is 0 Å². The zero-order chi connectivity index (χ0) is 12.5. The molecular weight excluding hydrogens is 204 g/mol. The van der Waals surface area contributed by atoms with Gasteiger partial charge in [-0.15, -0.1) is 0 Å². The molecular formula is C17H30. The van der Waals surface area contributed by atoms with Crippen molar-refractivity contribution in [2.75, 3.05) is 0 Å². The number of rotatable bonds is 8. The Morgan fingerprint density at radius 2 is 1.82 bits per heavy atom. The number of hydrogen-bond acceptors (Lipinski definition) is 0. The average molecular weight is 234 g/mol. The lowest BCUT2D eigenvalue weighted by atomic mass is 9.84. The molecule has 0 amide bonds. The minimum Gasteiger partial charge on any atom is -0.0815 e. The molecule has 0 N–H and O–H groups in total. The van der Waals surface area contributed by atoms with Crippen molar-refractivity contribution >= 4 is 0 Å². The van der Waals surface area contributed by atoms with Crippen LogP contribution in [-0.2, 0) is 0 Å². The molecule has 1 aliphatic rings. The number of allylic oxidation sites excluding steroid dienone is 4. The predicted octanol–water partition coefficient (Wildman–Crippen LogP) is 6.04. The summed E-state index contributed by atoms with van der Waals surface area (Å²) >= 11 is 0. The lowest BCUT2D eigenvalue weighted by molar-refractivity contribution is 0.484. The molecule has 1 rings (SSSR count). The van der Waals surface area contributed by atoms with E-state index in [2.05, 4.69) is 32.9 Å². The lowest BCUT2D eigenvalue weighted by Gasteiger charge is -2.22. The molecule has 1 aliphatic carbocycles. The summed E-state index contributed by atoms with van der Waals surface area (Å²) in [6.45, 7) is 6.92. The second kappa shape index (κ2) is 8.55. The Hall–Kier alpha value is -0.520. The van der Waals surface area contributed by atoms with Gasteiger partial charge in [0.1, 0.15) is 0 Å². The van der Waals surface area contributed by atoms with Crippen LogP contribution >= 0.6 is 0 Å². The van der Waals surface area contributed by atoms with Crippen molar-refractivity contribution in [1.29, 1.82) is 0 Å². The highest BCUT2D eigenvalue weighted by Gasteiger charge is 2.14. The van der Waals surface area contributed by atoms with Crippen molar-refractivity contribution in [3.05, 3.63) is 23.3 Å². The fourth-order valence-electron chi connectivity index (χ4n) is 2.83. The van der Waals surface area contributed by atoms with E-state index in [4.69, 9.17) is 0 Å². The average Bonchev–Trinajstić information content (AvgIpc) is 2.34. The van der Waals surface area contributed by atoms with Gasteiger partial charge in [0.05, 0.1) is 0 Å². The molecule has 0 aromatic carbocycles. The van der Waals surface area contributed by atoms with E-state index in [-0.39, 0.29) is 0 Å². The maximum atomic E-state index is 2.48. The zero-order valence-electron chi connectivity index (χ0n) is 12.1. The standard InChI is InChI=1S/C17H30/c1-4-6-7-8-9-12-16(5-2)17-13-10-11-15(3)14-17/h11,13,16H,4-10,12,14H2,1-3H3. The Bertz CT molecular complexity index is 257. The Morgan fingerprint density at radius 1 is 1.06 bits per heavy atom. The van der Waals surface area contributed by atoms with E-state index >= 15 is 0 Å². The maximum absolute atomic E-state index is 2.48. The van der Waals surface area contributed by atoms with Gasteiger partial charge in [0.15, 0.2) is 0 Å². The van der Waals surface area contributed by atoms with Gasteiger partial charge in [0.2, 0.25) is 0 Å². The smallest absolute Gasteiger partial charge is 0.0108 e. The molecule has 17 heavy (non-hydrogen) atoms. The molecule has 0 aromatic heterocycles. The van der Waals surface area contributed by atoms with Gasteiger partial charge in [0, 0.05) is 0 Å². The zero-order valence-corrected chi connectivity index (χ0v) is 12.1. The molecule has 0 saturated heterocycles. The van der Waals surface area contributed by atoms with E-state index in [1.165, 1.54) is 57.8 Å². The summed E-state index contributed by atoms with van der Waals surface area (Å²) in [5.74, 6) is 0.861. The van der Waals surface area contributed by atoms with Crippen molar-refractivity contribution in [1.82, 2.24) is 0 Å². The lowest BCUT2D eigenvalue weighted by Crippen LogP contribution is -2.06. The molecule has 98 valence electrons. The van der Waals surface area contributed by atoms with E-state index in [9.17, 15) is 0 Å². The van der Waals surface area contributed by atoms with Crippen LogP contribution in [0.5, 0.6) is 0 Å². The normalized spacial score (nSPS) is 17.6. The van der Waals surface area contributed by atoms with Crippen LogP contribution in [0.4, 0.5) is 0 Å². The number of hydrogen-bond donors (Lipinski definition) is 0. The second-order valence-corrected chi connectivity index (χ2v) is 5.55. The van der Waals surface area contributed by atoms with Crippen molar-refractivity contribution in [2.24, 2.45) is 5.92 Å². The molecule has 0 spiro atoms. The SMILES string of the molecule is CCCCCCCC(CC)C1=CCC=C(C)C1. The fraction of sp³-hybridized carbons (Fsp3) is 0.765. The second-order valence-electron chi connectivity index (χ2n) is 5.55. The largest absolute Gasteiger partial charge is 0.0815 e. The summed E-state index contributed by atoms with van der Waals surface area (Å²) in [6, 6.07) is 0. The Balaban J connectivity index is 2.26. The molecule has 0 fully saturated rings. The quantitative estimate of drug-likeness (QED) is 0.355. The first-order valence-corrected chi connectivity index (χ1v) is 7.62. The molecule has 0 bridgehead atoms. The molecule has 0 aromatic rings.